The highest BCUT2D eigenvalue weighted by Gasteiger charge is 2.41. The van der Waals surface area contributed by atoms with E-state index in [-0.39, 0.29) is 0 Å². The smallest absolute Gasteiger partial charge is 0.0504 e. The summed E-state index contributed by atoms with van der Waals surface area (Å²) in [6.45, 7) is 9.11. The second-order valence-corrected chi connectivity index (χ2v) is 8.34. The maximum absolute atomic E-state index is 12.2. The van der Waals surface area contributed by atoms with E-state index in [9.17, 15) is 4.21 Å². The lowest BCUT2D eigenvalue weighted by molar-refractivity contribution is 0.158. The zero-order chi connectivity index (χ0) is 11.9. The van der Waals surface area contributed by atoms with Crippen LogP contribution in [-0.2, 0) is 10.8 Å². The number of rotatable bonds is 0. The molecule has 0 amide bonds. The third kappa shape index (κ3) is 2.51. The lowest BCUT2D eigenvalue weighted by Gasteiger charge is -2.45. The lowest BCUT2D eigenvalue weighted by Crippen LogP contribution is -2.57. The Balaban J connectivity index is 2.06. The van der Waals surface area contributed by atoms with E-state index in [1.807, 2.05) is 0 Å². The van der Waals surface area contributed by atoms with Crippen molar-refractivity contribution in [3.8, 4) is 0 Å². The molecule has 1 saturated carbocycles. The largest absolute Gasteiger partial charge is 0.309 e. The molecule has 94 valence electrons. The Hall–Kier alpha value is 0.110. The second-order valence-electron chi connectivity index (χ2n) is 6.64. The first kappa shape index (κ1) is 12.6. The Labute approximate surface area is 102 Å². The molecular weight excluding hydrogens is 218 g/mol. The van der Waals surface area contributed by atoms with E-state index < -0.39 is 10.8 Å². The molecule has 1 N–H and O–H groups in total. The molecule has 5 unspecified atom stereocenters. The topological polar surface area (TPSA) is 29.1 Å². The molecule has 5 atom stereocenters. The number of nitrogens with one attached hydrogen (secondary N) is 1. The number of hydrogen-bond donors (Lipinski definition) is 1. The van der Waals surface area contributed by atoms with Crippen LogP contribution in [0.4, 0.5) is 0 Å². The van der Waals surface area contributed by atoms with E-state index in [0.717, 1.165) is 18.1 Å². The van der Waals surface area contributed by atoms with Crippen LogP contribution in [0.15, 0.2) is 0 Å². The fraction of sp³-hybridized carbons (Fsp3) is 1.00. The van der Waals surface area contributed by atoms with Crippen LogP contribution in [0.3, 0.4) is 0 Å². The van der Waals surface area contributed by atoms with Gasteiger partial charge in [-0.15, -0.1) is 0 Å². The Morgan fingerprint density at radius 2 is 1.94 bits per heavy atom. The molecule has 0 spiro atoms. The third-order valence-electron chi connectivity index (χ3n) is 4.27. The van der Waals surface area contributed by atoms with Crippen molar-refractivity contribution in [2.24, 2.45) is 11.3 Å². The van der Waals surface area contributed by atoms with Crippen molar-refractivity contribution in [2.45, 2.75) is 64.3 Å². The minimum atomic E-state index is -0.605. The lowest BCUT2D eigenvalue weighted by atomic mass is 9.71. The average molecular weight is 243 g/mol. The summed E-state index contributed by atoms with van der Waals surface area (Å²) in [4.78, 5) is 0. The molecule has 1 aliphatic heterocycles. The predicted molar refractivity (Wildman–Crippen MR) is 70.0 cm³/mol. The number of fused-ring (bicyclic) bond motifs is 1. The molecule has 0 aromatic carbocycles. The van der Waals surface area contributed by atoms with Gasteiger partial charge in [-0.2, -0.15) is 0 Å². The van der Waals surface area contributed by atoms with Gasteiger partial charge in [0.25, 0.3) is 0 Å². The molecule has 2 fully saturated rings. The van der Waals surface area contributed by atoms with Crippen LogP contribution in [-0.4, -0.2) is 27.3 Å². The molecule has 3 heteroatoms. The van der Waals surface area contributed by atoms with Gasteiger partial charge in [0.2, 0.25) is 0 Å². The van der Waals surface area contributed by atoms with E-state index in [0.29, 0.717) is 22.7 Å². The van der Waals surface area contributed by atoms with Crippen molar-refractivity contribution < 1.29 is 4.21 Å². The first-order chi connectivity index (χ1) is 7.38. The molecule has 1 aliphatic carbocycles. The zero-order valence-corrected chi connectivity index (χ0v) is 11.8. The molecule has 2 aliphatic rings. The summed E-state index contributed by atoms with van der Waals surface area (Å²) in [6, 6.07) is 0.955. The van der Waals surface area contributed by atoms with Gasteiger partial charge in [0, 0.05) is 28.6 Å². The molecule has 2 rings (SSSR count). The van der Waals surface area contributed by atoms with Gasteiger partial charge in [0.15, 0.2) is 0 Å². The highest BCUT2D eigenvalue weighted by molar-refractivity contribution is 7.85. The van der Waals surface area contributed by atoms with Crippen LogP contribution in [0.25, 0.3) is 0 Å². The van der Waals surface area contributed by atoms with Gasteiger partial charge in [0.05, 0.1) is 5.25 Å². The third-order valence-corrected chi connectivity index (χ3v) is 6.29. The van der Waals surface area contributed by atoms with Gasteiger partial charge in [0.1, 0.15) is 0 Å². The van der Waals surface area contributed by atoms with Gasteiger partial charge >= 0.3 is 0 Å². The maximum Gasteiger partial charge on any atom is 0.0504 e. The van der Waals surface area contributed by atoms with Gasteiger partial charge < -0.3 is 5.32 Å². The number of hydrogen-bond acceptors (Lipinski definition) is 2. The zero-order valence-electron chi connectivity index (χ0n) is 11.0. The summed E-state index contributed by atoms with van der Waals surface area (Å²) < 4.78 is 12.2. The summed E-state index contributed by atoms with van der Waals surface area (Å²) in [6.07, 6.45) is 3.66. The Morgan fingerprint density at radius 3 is 2.56 bits per heavy atom. The summed E-state index contributed by atoms with van der Waals surface area (Å²) in [5, 5.41) is 4.04. The first-order valence-corrected chi connectivity index (χ1v) is 7.89. The average Bonchev–Trinajstić information content (AvgIpc) is 2.15. The maximum atomic E-state index is 12.2. The van der Waals surface area contributed by atoms with Crippen molar-refractivity contribution in [2.75, 3.05) is 5.75 Å². The van der Waals surface area contributed by atoms with E-state index in [4.69, 9.17) is 0 Å². The van der Waals surface area contributed by atoms with Gasteiger partial charge in [-0.3, -0.25) is 4.21 Å². The summed E-state index contributed by atoms with van der Waals surface area (Å²) in [7, 11) is -0.605. The predicted octanol–water partition coefficient (Wildman–Crippen LogP) is 2.31. The molecular formula is C13H25NOS. The molecule has 0 bridgehead atoms. The van der Waals surface area contributed by atoms with E-state index in [2.05, 4.69) is 33.0 Å². The van der Waals surface area contributed by atoms with Crippen LogP contribution in [0.1, 0.15) is 47.0 Å². The first-order valence-electron chi connectivity index (χ1n) is 6.51. The van der Waals surface area contributed by atoms with Crippen molar-refractivity contribution >= 4 is 10.8 Å². The quantitative estimate of drug-likeness (QED) is 0.707. The van der Waals surface area contributed by atoms with Crippen LogP contribution in [0, 0.1) is 11.3 Å². The van der Waals surface area contributed by atoms with Crippen molar-refractivity contribution in [3.63, 3.8) is 0 Å². The van der Waals surface area contributed by atoms with Crippen LogP contribution in [0.2, 0.25) is 0 Å². The minimum absolute atomic E-state index is 0.373. The summed E-state index contributed by atoms with van der Waals surface area (Å²) >= 11 is 0. The normalized spacial score (nSPS) is 45.1. The fourth-order valence-corrected chi connectivity index (χ4v) is 5.04. The van der Waals surface area contributed by atoms with Crippen LogP contribution >= 0.6 is 0 Å². The monoisotopic (exact) mass is 243 g/mol. The van der Waals surface area contributed by atoms with E-state index in [1.54, 1.807) is 0 Å². The summed E-state index contributed by atoms with van der Waals surface area (Å²) in [5.41, 5.74) is 0.373. The van der Waals surface area contributed by atoms with Crippen LogP contribution < -0.4 is 5.32 Å². The Morgan fingerprint density at radius 1 is 1.25 bits per heavy atom. The molecule has 0 aromatic heterocycles. The molecule has 0 aromatic rings. The highest BCUT2D eigenvalue weighted by atomic mass is 32.2. The van der Waals surface area contributed by atoms with Crippen molar-refractivity contribution in [3.05, 3.63) is 0 Å². The van der Waals surface area contributed by atoms with Gasteiger partial charge in [-0.25, -0.2) is 0 Å². The SMILES string of the molecule is CC1CS(=O)C2CC(C(C)(C)C)CCC2N1. The summed E-state index contributed by atoms with van der Waals surface area (Å²) in [5.74, 6) is 1.59. The van der Waals surface area contributed by atoms with E-state index in [1.165, 1.54) is 12.8 Å². The minimum Gasteiger partial charge on any atom is -0.309 e. The molecule has 1 saturated heterocycles. The second kappa shape index (κ2) is 4.41. The molecule has 16 heavy (non-hydrogen) atoms. The van der Waals surface area contributed by atoms with Gasteiger partial charge in [-0.05, 0) is 37.5 Å². The van der Waals surface area contributed by atoms with Gasteiger partial charge in [-0.1, -0.05) is 20.8 Å². The van der Waals surface area contributed by atoms with Crippen molar-refractivity contribution in [1.82, 2.24) is 5.32 Å². The standard InChI is InChI=1S/C13H25NOS/c1-9-8-16(15)12-7-10(13(2,3)4)5-6-11(12)14-9/h9-12,14H,5-8H2,1-4H3. The molecule has 0 radical (unpaired) electrons. The molecule has 2 nitrogen and oxygen atoms in total. The van der Waals surface area contributed by atoms with Crippen molar-refractivity contribution in [1.29, 1.82) is 0 Å². The van der Waals surface area contributed by atoms with E-state index >= 15 is 0 Å². The van der Waals surface area contributed by atoms with Crippen LogP contribution in [0.5, 0.6) is 0 Å². The Kier molecular flexibility index (Phi) is 3.47. The highest BCUT2D eigenvalue weighted by Crippen LogP contribution is 2.40. The Bertz CT molecular complexity index is 284. The fourth-order valence-electron chi connectivity index (χ4n) is 3.18. The molecule has 1 heterocycles.